The van der Waals surface area contributed by atoms with Crippen molar-refractivity contribution in [2.75, 3.05) is 0 Å². The maximum atomic E-state index is 6.14. The summed E-state index contributed by atoms with van der Waals surface area (Å²) in [6.45, 7) is 0. The molecular formula is C17H20N. The molecule has 2 aromatic rings. The quantitative estimate of drug-likeness (QED) is 0.759. The first-order chi connectivity index (χ1) is 8.86. The minimum atomic E-state index is 0.127. The number of rotatable bonds is 6. The first kappa shape index (κ1) is 12.8. The van der Waals surface area contributed by atoms with Gasteiger partial charge in [-0.3, -0.25) is 0 Å². The molecule has 0 aliphatic heterocycles. The highest BCUT2D eigenvalue weighted by molar-refractivity contribution is 5.19. The highest BCUT2D eigenvalue weighted by Gasteiger charge is 2.04. The molecule has 0 aliphatic carbocycles. The molecule has 1 radical (unpaired) electrons. The molecule has 0 aliphatic rings. The molecule has 2 N–H and O–H groups in total. The van der Waals surface area contributed by atoms with E-state index in [1.54, 1.807) is 0 Å². The monoisotopic (exact) mass is 238 g/mol. The van der Waals surface area contributed by atoms with Crippen LogP contribution in [0.25, 0.3) is 0 Å². The van der Waals surface area contributed by atoms with Gasteiger partial charge in [-0.05, 0) is 36.8 Å². The topological polar surface area (TPSA) is 26.0 Å². The number of hydrogen-bond acceptors (Lipinski definition) is 1. The molecule has 2 aromatic carbocycles. The molecule has 1 unspecified atom stereocenters. The third-order valence-electron chi connectivity index (χ3n) is 3.13. The van der Waals surface area contributed by atoms with Crippen molar-refractivity contribution in [3.63, 3.8) is 0 Å². The van der Waals surface area contributed by atoms with Gasteiger partial charge in [-0.25, -0.2) is 0 Å². The smallest absolute Gasteiger partial charge is 0.0297 e. The van der Waals surface area contributed by atoms with Crippen molar-refractivity contribution in [2.24, 2.45) is 5.73 Å². The summed E-state index contributed by atoms with van der Waals surface area (Å²) < 4.78 is 0. The van der Waals surface area contributed by atoms with Crippen molar-refractivity contribution < 1.29 is 0 Å². The molecule has 2 rings (SSSR count). The Morgan fingerprint density at radius 3 is 2.17 bits per heavy atom. The van der Waals surface area contributed by atoms with E-state index in [2.05, 4.69) is 48.9 Å². The molecule has 1 nitrogen and oxygen atoms in total. The second kappa shape index (κ2) is 6.97. The van der Waals surface area contributed by atoms with Crippen LogP contribution in [0.2, 0.25) is 0 Å². The Bertz CT molecular complexity index is 436. The molecule has 0 spiro atoms. The van der Waals surface area contributed by atoms with Crippen LogP contribution in [0, 0.1) is 6.42 Å². The maximum absolute atomic E-state index is 6.14. The predicted octanol–water partition coefficient (Wildman–Crippen LogP) is 3.91. The van der Waals surface area contributed by atoms with Crippen LogP contribution in [0.5, 0.6) is 0 Å². The number of nitrogens with two attached hydrogens (primary N) is 1. The van der Waals surface area contributed by atoms with Gasteiger partial charge in [0.2, 0.25) is 0 Å². The van der Waals surface area contributed by atoms with Crippen molar-refractivity contribution in [2.45, 2.75) is 25.3 Å². The van der Waals surface area contributed by atoms with E-state index < -0.39 is 0 Å². The lowest BCUT2D eigenvalue weighted by Gasteiger charge is -2.11. The molecule has 0 amide bonds. The minimum Gasteiger partial charge on any atom is -0.324 e. The predicted molar refractivity (Wildman–Crippen MR) is 77.1 cm³/mol. The van der Waals surface area contributed by atoms with Gasteiger partial charge in [-0.15, -0.1) is 0 Å². The Morgan fingerprint density at radius 2 is 1.50 bits per heavy atom. The van der Waals surface area contributed by atoms with E-state index in [4.69, 9.17) is 5.73 Å². The van der Waals surface area contributed by atoms with E-state index in [-0.39, 0.29) is 6.04 Å². The normalized spacial score (nSPS) is 12.3. The van der Waals surface area contributed by atoms with Crippen LogP contribution in [0.1, 0.15) is 30.0 Å². The Hall–Kier alpha value is -1.60. The van der Waals surface area contributed by atoms with Gasteiger partial charge in [0.15, 0.2) is 0 Å². The Labute approximate surface area is 110 Å². The lowest BCUT2D eigenvalue weighted by Crippen LogP contribution is -2.10. The van der Waals surface area contributed by atoms with E-state index in [0.29, 0.717) is 0 Å². The van der Waals surface area contributed by atoms with Crippen molar-refractivity contribution >= 4 is 0 Å². The highest BCUT2D eigenvalue weighted by Crippen LogP contribution is 2.16. The maximum Gasteiger partial charge on any atom is 0.0297 e. The molecule has 1 heteroatoms. The molecule has 0 bridgehead atoms. The fourth-order valence-electron chi connectivity index (χ4n) is 2.05. The standard InChI is InChI=1S/C17H20N/c18-17(16-12-5-2-6-13-16)14-8-7-11-15-9-3-1-4-10-15/h1-6,8-10,12-13,17H,7,11,14,18H2. The lowest BCUT2D eigenvalue weighted by atomic mass is 10.00. The van der Waals surface area contributed by atoms with E-state index in [1.165, 1.54) is 11.1 Å². The summed E-state index contributed by atoms with van der Waals surface area (Å²) in [5.41, 5.74) is 8.75. The first-order valence-corrected chi connectivity index (χ1v) is 6.52. The second-order valence-electron chi connectivity index (χ2n) is 4.57. The zero-order chi connectivity index (χ0) is 12.6. The molecule has 93 valence electrons. The van der Waals surface area contributed by atoms with E-state index in [0.717, 1.165) is 19.3 Å². The lowest BCUT2D eigenvalue weighted by molar-refractivity contribution is 0.683. The summed E-state index contributed by atoms with van der Waals surface area (Å²) in [7, 11) is 0. The molecule has 0 heterocycles. The van der Waals surface area contributed by atoms with Gasteiger partial charge in [0.1, 0.15) is 0 Å². The molecule has 1 atom stereocenters. The summed E-state index contributed by atoms with van der Waals surface area (Å²) in [4.78, 5) is 0. The Kier molecular flexibility index (Phi) is 4.98. The average Bonchev–Trinajstić information content (AvgIpc) is 2.45. The van der Waals surface area contributed by atoms with Gasteiger partial charge in [0, 0.05) is 6.04 Å². The number of hydrogen-bond donors (Lipinski definition) is 1. The highest BCUT2D eigenvalue weighted by atomic mass is 14.6. The number of aryl methyl sites for hydroxylation is 1. The zero-order valence-corrected chi connectivity index (χ0v) is 10.6. The van der Waals surface area contributed by atoms with Gasteiger partial charge in [0.25, 0.3) is 0 Å². The van der Waals surface area contributed by atoms with Crippen LogP contribution in [0.3, 0.4) is 0 Å². The third kappa shape index (κ3) is 4.01. The Balaban J connectivity index is 1.70. The van der Waals surface area contributed by atoms with Crippen molar-refractivity contribution in [1.29, 1.82) is 0 Å². The van der Waals surface area contributed by atoms with Crippen LogP contribution in [-0.2, 0) is 6.42 Å². The average molecular weight is 238 g/mol. The minimum absolute atomic E-state index is 0.127. The van der Waals surface area contributed by atoms with Crippen molar-refractivity contribution in [1.82, 2.24) is 0 Å². The fourth-order valence-corrected chi connectivity index (χ4v) is 2.05. The third-order valence-corrected chi connectivity index (χ3v) is 3.13. The zero-order valence-electron chi connectivity index (χ0n) is 10.6. The number of benzene rings is 2. The van der Waals surface area contributed by atoms with Gasteiger partial charge < -0.3 is 5.73 Å². The SMILES string of the molecule is NC(C[CH]CCc1ccccc1)c1ccccc1. The molecular weight excluding hydrogens is 218 g/mol. The van der Waals surface area contributed by atoms with E-state index in [1.807, 2.05) is 18.2 Å². The van der Waals surface area contributed by atoms with Crippen LogP contribution in [0.4, 0.5) is 0 Å². The molecule has 0 saturated heterocycles. The van der Waals surface area contributed by atoms with E-state index in [9.17, 15) is 0 Å². The molecule has 18 heavy (non-hydrogen) atoms. The van der Waals surface area contributed by atoms with Crippen LogP contribution in [0.15, 0.2) is 60.7 Å². The first-order valence-electron chi connectivity index (χ1n) is 6.52. The summed E-state index contributed by atoms with van der Waals surface area (Å²) in [6, 6.07) is 21.0. The summed E-state index contributed by atoms with van der Waals surface area (Å²) in [5, 5.41) is 0. The fraction of sp³-hybridized carbons (Fsp3) is 0.235. The largest absolute Gasteiger partial charge is 0.324 e. The molecule has 0 aromatic heterocycles. The van der Waals surface area contributed by atoms with E-state index >= 15 is 0 Å². The van der Waals surface area contributed by atoms with Crippen LogP contribution >= 0.6 is 0 Å². The Morgan fingerprint density at radius 1 is 0.889 bits per heavy atom. The molecule has 0 fully saturated rings. The van der Waals surface area contributed by atoms with Gasteiger partial charge >= 0.3 is 0 Å². The second-order valence-corrected chi connectivity index (χ2v) is 4.57. The van der Waals surface area contributed by atoms with Crippen molar-refractivity contribution in [3.8, 4) is 0 Å². The van der Waals surface area contributed by atoms with Gasteiger partial charge in [-0.2, -0.15) is 0 Å². The summed E-state index contributed by atoms with van der Waals surface area (Å²) >= 11 is 0. The van der Waals surface area contributed by atoms with Gasteiger partial charge in [0.05, 0.1) is 0 Å². The summed E-state index contributed by atoms with van der Waals surface area (Å²) in [6.07, 6.45) is 5.43. The summed E-state index contributed by atoms with van der Waals surface area (Å²) in [5.74, 6) is 0. The van der Waals surface area contributed by atoms with Crippen LogP contribution < -0.4 is 5.73 Å². The van der Waals surface area contributed by atoms with Crippen molar-refractivity contribution in [3.05, 3.63) is 78.2 Å². The van der Waals surface area contributed by atoms with Crippen LogP contribution in [-0.4, -0.2) is 0 Å². The number of unbranched alkanes of at least 4 members (excludes halogenated alkanes) is 1. The van der Waals surface area contributed by atoms with Gasteiger partial charge in [-0.1, -0.05) is 60.7 Å². The molecule has 0 saturated carbocycles.